The largest absolute Gasteiger partial charge is 0.296 e. The van der Waals surface area contributed by atoms with E-state index in [1.807, 2.05) is 72.5 Å². The summed E-state index contributed by atoms with van der Waals surface area (Å²) in [5.74, 6) is -0.287. The van der Waals surface area contributed by atoms with Crippen LogP contribution in [0.15, 0.2) is 58.8 Å². The monoisotopic (exact) mass is 764 g/mol. The highest BCUT2D eigenvalue weighted by atomic mass is 16.7. The van der Waals surface area contributed by atoms with Gasteiger partial charge in [-0.05, 0) is 141 Å². The average Bonchev–Trinajstić information content (AvgIpc) is 3.10. The van der Waals surface area contributed by atoms with Gasteiger partial charge in [-0.1, -0.05) is 38.1 Å². The van der Waals surface area contributed by atoms with Crippen molar-refractivity contribution >= 4 is 22.9 Å². The molecule has 56 heavy (non-hydrogen) atoms. The number of rotatable bonds is 18. The molecule has 2 unspecified atom stereocenters. The lowest BCUT2D eigenvalue weighted by Crippen LogP contribution is -2.59. The molecule has 0 N–H and O–H groups in total. The lowest BCUT2D eigenvalue weighted by molar-refractivity contribution is -0.273. The summed E-state index contributed by atoms with van der Waals surface area (Å²) < 4.78 is 0. The summed E-state index contributed by atoms with van der Waals surface area (Å²) in [5, 5.41) is 31.3. The Morgan fingerprint density at radius 3 is 1.20 bits per heavy atom. The molecular weight excluding hydrogens is 701 g/mol. The van der Waals surface area contributed by atoms with Gasteiger partial charge in [-0.25, -0.2) is 0 Å². The molecule has 2 radical (unpaired) electrons. The van der Waals surface area contributed by atoms with Crippen molar-refractivity contribution < 1.29 is 19.3 Å². The van der Waals surface area contributed by atoms with E-state index in [0.717, 1.165) is 49.7 Å². The second-order valence-corrected chi connectivity index (χ2v) is 18.7. The molecule has 2 heterocycles. The number of hydrogen-bond acceptors (Lipinski definition) is 10. The Labute approximate surface area is 336 Å². The molecule has 2 atom stereocenters. The van der Waals surface area contributed by atoms with Crippen molar-refractivity contribution in [3.8, 4) is 12.1 Å². The summed E-state index contributed by atoms with van der Waals surface area (Å²) in [6.45, 7) is 21.1. The first-order valence-corrected chi connectivity index (χ1v) is 20.3. The van der Waals surface area contributed by atoms with Crippen molar-refractivity contribution in [2.75, 3.05) is 0 Å². The van der Waals surface area contributed by atoms with Crippen molar-refractivity contribution in [1.29, 1.82) is 10.5 Å². The molecule has 10 nitrogen and oxygen atoms in total. The zero-order valence-electron chi connectivity index (χ0n) is 35.6. The normalized spacial score (nSPS) is 20.4. The van der Waals surface area contributed by atoms with Crippen molar-refractivity contribution in [3.05, 3.63) is 71.9 Å². The number of nitrogens with zero attached hydrogens (tertiary/aromatic N) is 6. The number of nitriles is 2. The molecule has 4 rings (SSSR count). The molecule has 2 saturated heterocycles. The molecule has 0 aliphatic carbocycles. The van der Waals surface area contributed by atoms with Gasteiger partial charge in [-0.15, -0.1) is 0 Å². The lowest BCUT2D eigenvalue weighted by atomic mass is 9.82. The van der Waals surface area contributed by atoms with Crippen LogP contribution in [0.3, 0.4) is 0 Å². The fourth-order valence-corrected chi connectivity index (χ4v) is 8.19. The zero-order chi connectivity index (χ0) is 41.3. The smallest absolute Gasteiger partial charge is 0.190 e. The standard InChI is InChI=1S/C46H64N6O4/c1-33(21-27-47)29-39(53)41(55-51-43(3,4)23-11-24-44(51,5)6)31-35-13-17-37(18-14-35)49-50-38-19-15-36(16-20-38)32-42(40(54)30-34(2)22-28-48)56-52-45(7,8)25-12-26-46(52,9)10/h13-20,33-34H,11-12,21-26,29-32H2,1-10H3. The van der Waals surface area contributed by atoms with Gasteiger partial charge in [0, 0.05) is 60.7 Å². The van der Waals surface area contributed by atoms with Crippen molar-refractivity contribution in [2.24, 2.45) is 22.1 Å². The molecule has 2 aromatic carbocycles. The average molecular weight is 765 g/mol. The predicted octanol–water partition coefficient (Wildman–Crippen LogP) is 11.2. The summed E-state index contributed by atoms with van der Waals surface area (Å²) >= 11 is 0. The van der Waals surface area contributed by atoms with Crippen LogP contribution in [0.4, 0.5) is 11.4 Å². The Morgan fingerprint density at radius 1 is 0.607 bits per heavy atom. The Hall–Kier alpha value is -3.80. The topological polar surface area (TPSA) is 131 Å². The summed E-state index contributed by atoms with van der Waals surface area (Å²) in [4.78, 5) is 40.3. The molecule has 10 heteroatoms. The first-order valence-electron chi connectivity index (χ1n) is 20.3. The summed E-state index contributed by atoms with van der Waals surface area (Å²) in [5.41, 5.74) is 2.22. The van der Waals surface area contributed by atoms with E-state index < -0.39 is 0 Å². The van der Waals surface area contributed by atoms with Gasteiger partial charge in [0.1, 0.15) is 0 Å². The van der Waals surface area contributed by atoms with Gasteiger partial charge in [-0.3, -0.25) is 19.3 Å². The van der Waals surface area contributed by atoms with E-state index in [9.17, 15) is 20.1 Å². The maximum atomic E-state index is 13.6. The van der Waals surface area contributed by atoms with E-state index >= 15 is 0 Å². The molecule has 0 bridgehead atoms. The van der Waals surface area contributed by atoms with Crippen LogP contribution in [0, 0.1) is 46.7 Å². The Bertz CT molecular complexity index is 1570. The van der Waals surface area contributed by atoms with E-state index in [1.165, 1.54) is 0 Å². The number of carbonyl (C=O) groups is 2. The van der Waals surface area contributed by atoms with Gasteiger partial charge >= 0.3 is 0 Å². The third-order valence-corrected chi connectivity index (χ3v) is 11.2. The molecule has 0 amide bonds. The van der Waals surface area contributed by atoms with Crippen LogP contribution in [0.1, 0.15) is 145 Å². The third-order valence-electron chi connectivity index (χ3n) is 11.2. The SMILES string of the molecule is CC(CC#N)CC(=O)[C](Cc1ccc(N=Nc2ccc(C[C](ON3C(C)(C)CCCC3(C)C)C(=O)CC(C)CC#N)cc2)cc1)ON1C(C)(C)CCCC1(C)C. The number of hydroxylamine groups is 4. The minimum Gasteiger partial charge on any atom is -0.296 e. The van der Waals surface area contributed by atoms with Crippen molar-refractivity contribution in [1.82, 2.24) is 10.1 Å². The van der Waals surface area contributed by atoms with E-state index in [-0.39, 0.29) is 58.4 Å². The van der Waals surface area contributed by atoms with Crippen LogP contribution >= 0.6 is 0 Å². The first-order chi connectivity index (χ1) is 26.3. The van der Waals surface area contributed by atoms with Gasteiger partial charge in [0.25, 0.3) is 0 Å². The van der Waals surface area contributed by atoms with Crippen LogP contribution in [0.25, 0.3) is 0 Å². The number of Topliss-reactive ketones (excluding diaryl/α,β-unsaturated/α-hetero) is 2. The number of hydrogen-bond donors (Lipinski definition) is 0. The first kappa shape index (κ1) is 44.9. The highest BCUT2D eigenvalue weighted by Crippen LogP contribution is 2.42. The van der Waals surface area contributed by atoms with Gasteiger partial charge in [-0.2, -0.15) is 30.9 Å². The van der Waals surface area contributed by atoms with E-state index in [2.05, 4.69) is 77.8 Å². The van der Waals surface area contributed by atoms with Crippen LogP contribution in [-0.4, -0.2) is 43.8 Å². The molecule has 2 fully saturated rings. The molecule has 0 aromatic heterocycles. The van der Waals surface area contributed by atoms with Gasteiger partial charge in [0.05, 0.1) is 23.5 Å². The maximum absolute atomic E-state index is 13.6. The minimum absolute atomic E-state index is 0.0651. The van der Waals surface area contributed by atoms with Gasteiger partial charge in [0.2, 0.25) is 0 Å². The minimum atomic E-state index is -0.238. The Morgan fingerprint density at radius 2 is 0.911 bits per heavy atom. The fourth-order valence-electron chi connectivity index (χ4n) is 8.19. The van der Waals surface area contributed by atoms with E-state index in [4.69, 9.17) is 9.68 Å². The summed E-state index contributed by atoms with van der Waals surface area (Å²) in [6.07, 6.45) is 8.64. The van der Waals surface area contributed by atoms with Crippen LogP contribution in [-0.2, 0) is 32.1 Å². The predicted molar refractivity (Wildman–Crippen MR) is 219 cm³/mol. The second kappa shape index (κ2) is 19.1. The molecule has 2 aliphatic rings. The number of ketones is 2. The Balaban J connectivity index is 1.46. The number of azo groups is 1. The quantitative estimate of drug-likeness (QED) is 0.137. The van der Waals surface area contributed by atoms with Gasteiger partial charge in [0.15, 0.2) is 23.8 Å². The summed E-state index contributed by atoms with van der Waals surface area (Å²) in [6, 6.07) is 19.6. The van der Waals surface area contributed by atoms with Crippen LogP contribution < -0.4 is 0 Å². The van der Waals surface area contributed by atoms with Crippen molar-refractivity contribution in [2.45, 2.75) is 168 Å². The molecule has 2 aromatic rings. The number of carbonyl (C=O) groups excluding carboxylic acids is 2. The van der Waals surface area contributed by atoms with E-state index in [1.54, 1.807) is 0 Å². The third kappa shape index (κ3) is 12.3. The van der Waals surface area contributed by atoms with Gasteiger partial charge < -0.3 is 0 Å². The van der Waals surface area contributed by atoms with E-state index in [0.29, 0.717) is 49.3 Å². The maximum Gasteiger partial charge on any atom is 0.190 e. The molecular formula is C46H64N6O4. The highest BCUT2D eigenvalue weighted by Gasteiger charge is 2.46. The Kier molecular flexibility index (Phi) is 15.3. The van der Waals surface area contributed by atoms with Crippen LogP contribution in [0.2, 0.25) is 0 Å². The van der Waals surface area contributed by atoms with Crippen LogP contribution in [0.5, 0.6) is 0 Å². The molecule has 0 saturated carbocycles. The molecule has 0 spiro atoms. The number of benzene rings is 2. The zero-order valence-corrected chi connectivity index (χ0v) is 35.6. The summed E-state index contributed by atoms with van der Waals surface area (Å²) in [7, 11) is 0. The highest BCUT2D eigenvalue weighted by molar-refractivity contribution is 5.91. The lowest BCUT2D eigenvalue weighted by Gasteiger charge is -2.52. The second-order valence-electron chi connectivity index (χ2n) is 18.7. The number of piperidine rings is 2. The molecule has 302 valence electrons. The van der Waals surface area contributed by atoms with Crippen molar-refractivity contribution in [3.63, 3.8) is 0 Å². The fraction of sp³-hybridized carbons (Fsp3) is 0.609. The molecule has 2 aliphatic heterocycles.